The second kappa shape index (κ2) is 4.62. The first-order valence-electron chi connectivity index (χ1n) is 8.02. The third-order valence-electron chi connectivity index (χ3n) is 5.12. The van der Waals surface area contributed by atoms with E-state index in [0.717, 1.165) is 13.0 Å². The average Bonchev–Trinajstić information content (AvgIpc) is 3.15. The van der Waals surface area contributed by atoms with Gasteiger partial charge >= 0.3 is 0 Å². The third-order valence-corrected chi connectivity index (χ3v) is 5.12. The lowest BCUT2D eigenvalue weighted by atomic mass is 9.92. The van der Waals surface area contributed by atoms with Gasteiger partial charge in [-0.15, -0.1) is 0 Å². The summed E-state index contributed by atoms with van der Waals surface area (Å²) < 4.78 is 2.41. The summed E-state index contributed by atoms with van der Waals surface area (Å²) in [6.07, 6.45) is 9.00. The lowest BCUT2D eigenvalue weighted by molar-refractivity contribution is 0.359. The lowest BCUT2D eigenvalue weighted by Crippen LogP contribution is -2.10. The van der Waals surface area contributed by atoms with Gasteiger partial charge in [0.25, 0.3) is 0 Å². The van der Waals surface area contributed by atoms with Gasteiger partial charge in [0.1, 0.15) is 0 Å². The molecule has 1 aliphatic carbocycles. The highest BCUT2D eigenvalue weighted by Crippen LogP contribution is 2.45. The molecule has 0 radical (unpaired) electrons. The van der Waals surface area contributed by atoms with Gasteiger partial charge in [0.2, 0.25) is 0 Å². The molecular weight excluding hydrogens is 258 g/mol. The van der Waals surface area contributed by atoms with Crippen LogP contribution >= 0.6 is 0 Å². The molecular formula is C18H23N3. The Kier molecular flexibility index (Phi) is 2.84. The highest BCUT2D eigenvalue weighted by atomic mass is 15.1. The van der Waals surface area contributed by atoms with Crippen LogP contribution in [0.3, 0.4) is 0 Å². The number of hydrogen-bond acceptors (Lipinski definition) is 2. The fourth-order valence-corrected chi connectivity index (χ4v) is 3.99. The van der Waals surface area contributed by atoms with Crippen molar-refractivity contribution in [3.63, 3.8) is 0 Å². The number of nitrogens with zero attached hydrogens (tertiary/aromatic N) is 2. The number of aromatic nitrogens is 2. The number of fused-ring (bicyclic) bond motifs is 1. The summed E-state index contributed by atoms with van der Waals surface area (Å²) in [5.74, 6) is 0. The molecule has 0 spiro atoms. The Hall–Kier alpha value is -1.77. The summed E-state index contributed by atoms with van der Waals surface area (Å²) in [5, 5.41) is 3.55. The molecule has 2 heterocycles. The minimum atomic E-state index is 0.461. The molecule has 110 valence electrons. The zero-order valence-electron chi connectivity index (χ0n) is 12.9. The van der Waals surface area contributed by atoms with Crippen molar-refractivity contribution in [2.75, 3.05) is 11.9 Å². The molecule has 3 nitrogen and oxygen atoms in total. The molecule has 1 unspecified atom stereocenters. The summed E-state index contributed by atoms with van der Waals surface area (Å²) in [6.45, 7) is 5.81. The number of hydrogen-bond donors (Lipinski definition) is 1. The molecule has 3 heteroatoms. The van der Waals surface area contributed by atoms with E-state index in [4.69, 9.17) is 0 Å². The van der Waals surface area contributed by atoms with Crippen LogP contribution in [0.25, 0.3) is 11.3 Å². The Morgan fingerprint density at radius 1 is 1.33 bits per heavy atom. The summed E-state index contributed by atoms with van der Waals surface area (Å²) in [4.78, 5) is 4.45. The normalized spacial score (nSPS) is 23.0. The molecule has 1 fully saturated rings. The van der Waals surface area contributed by atoms with Crippen LogP contribution in [-0.4, -0.2) is 16.1 Å². The zero-order valence-corrected chi connectivity index (χ0v) is 12.9. The molecule has 1 aliphatic heterocycles. The Morgan fingerprint density at radius 3 is 3.05 bits per heavy atom. The highest BCUT2D eigenvalue weighted by molar-refractivity contribution is 5.79. The Bertz CT molecular complexity index is 669. The minimum Gasteiger partial charge on any atom is -0.384 e. The molecule has 21 heavy (non-hydrogen) atoms. The summed E-state index contributed by atoms with van der Waals surface area (Å²) >= 11 is 0. The molecule has 1 aromatic carbocycles. The number of imidazole rings is 1. The maximum absolute atomic E-state index is 4.45. The van der Waals surface area contributed by atoms with Crippen LogP contribution < -0.4 is 5.32 Å². The van der Waals surface area contributed by atoms with Gasteiger partial charge < -0.3 is 9.88 Å². The predicted octanol–water partition coefficient (Wildman–Crippen LogP) is 4.27. The van der Waals surface area contributed by atoms with Crippen molar-refractivity contribution in [2.45, 2.75) is 45.6 Å². The second-order valence-electron chi connectivity index (χ2n) is 7.26. The van der Waals surface area contributed by atoms with Crippen LogP contribution in [0, 0.1) is 5.41 Å². The third kappa shape index (κ3) is 2.15. The van der Waals surface area contributed by atoms with E-state index in [1.165, 1.54) is 41.8 Å². The monoisotopic (exact) mass is 281 g/mol. The molecule has 0 amide bonds. The summed E-state index contributed by atoms with van der Waals surface area (Å²) in [7, 11) is 0. The molecule has 1 atom stereocenters. The maximum Gasteiger partial charge on any atom is 0.0953 e. The Labute approximate surface area is 126 Å². The Balaban J connectivity index is 1.75. The van der Waals surface area contributed by atoms with E-state index in [9.17, 15) is 0 Å². The minimum absolute atomic E-state index is 0.461. The first-order chi connectivity index (χ1) is 10.1. The van der Waals surface area contributed by atoms with Gasteiger partial charge in [-0.3, -0.25) is 0 Å². The molecule has 2 aromatic rings. The predicted molar refractivity (Wildman–Crippen MR) is 86.5 cm³/mol. The standard InChI is InChI=1S/C18H23N3/c1-18(2)8-6-14(10-18)21-12-19-11-16(21)15-5-3-4-13-7-9-20-17(13)15/h3-5,11-12,14,20H,6-10H2,1-2H3. The quantitative estimate of drug-likeness (QED) is 0.891. The van der Waals surface area contributed by atoms with Gasteiger partial charge in [0, 0.05) is 23.8 Å². The van der Waals surface area contributed by atoms with Crippen molar-refractivity contribution in [1.29, 1.82) is 0 Å². The van der Waals surface area contributed by atoms with E-state index in [0.29, 0.717) is 11.5 Å². The maximum atomic E-state index is 4.45. The average molecular weight is 281 g/mol. The molecule has 4 rings (SSSR count). The van der Waals surface area contributed by atoms with E-state index in [1.54, 1.807) is 0 Å². The fourth-order valence-electron chi connectivity index (χ4n) is 3.99. The van der Waals surface area contributed by atoms with Gasteiger partial charge in [-0.25, -0.2) is 4.98 Å². The van der Waals surface area contributed by atoms with Crippen LogP contribution in [0.2, 0.25) is 0 Å². The van der Waals surface area contributed by atoms with Gasteiger partial charge in [-0.05, 0) is 36.7 Å². The Morgan fingerprint density at radius 2 is 2.24 bits per heavy atom. The first kappa shape index (κ1) is 12.9. The number of rotatable bonds is 2. The van der Waals surface area contributed by atoms with Crippen molar-refractivity contribution < 1.29 is 0 Å². The van der Waals surface area contributed by atoms with Gasteiger partial charge in [-0.2, -0.15) is 0 Å². The van der Waals surface area contributed by atoms with Crippen LogP contribution in [0.5, 0.6) is 0 Å². The van der Waals surface area contributed by atoms with Crippen LogP contribution in [0.4, 0.5) is 5.69 Å². The van der Waals surface area contributed by atoms with Crippen molar-refractivity contribution >= 4 is 5.69 Å². The topological polar surface area (TPSA) is 29.9 Å². The molecule has 1 N–H and O–H groups in total. The summed E-state index contributed by atoms with van der Waals surface area (Å²) in [5.41, 5.74) is 5.79. The van der Waals surface area contributed by atoms with E-state index < -0.39 is 0 Å². The van der Waals surface area contributed by atoms with E-state index >= 15 is 0 Å². The molecule has 2 aliphatic rings. The van der Waals surface area contributed by atoms with Gasteiger partial charge in [0.15, 0.2) is 0 Å². The van der Waals surface area contributed by atoms with Crippen LogP contribution in [0.1, 0.15) is 44.7 Å². The second-order valence-corrected chi connectivity index (χ2v) is 7.26. The van der Waals surface area contributed by atoms with Crippen LogP contribution in [0.15, 0.2) is 30.7 Å². The molecule has 0 saturated heterocycles. The van der Waals surface area contributed by atoms with Gasteiger partial charge in [-0.1, -0.05) is 32.0 Å². The van der Waals surface area contributed by atoms with Gasteiger partial charge in [0.05, 0.1) is 18.2 Å². The van der Waals surface area contributed by atoms with Crippen molar-refractivity contribution in [3.05, 3.63) is 36.3 Å². The number of para-hydroxylation sites is 1. The molecule has 1 saturated carbocycles. The first-order valence-corrected chi connectivity index (χ1v) is 8.02. The van der Waals surface area contributed by atoms with Crippen molar-refractivity contribution in [2.24, 2.45) is 5.41 Å². The zero-order chi connectivity index (χ0) is 14.4. The summed E-state index contributed by atoms with van der Waals surface area (Å²) in [6, 6.07) is 7.23. The van der Waals surface area contributed by atoms with E-state index in [-0.39, 0.29) is 0 Å². The largest absolute Gasteiger partial charge is 0.384 e. The van der Waals surface area contributed by atoms with Crippen molar-refractivity contribution in [3.8, 4) is 11.3 Å². The SMILES string of the molecule is CC1(C)CCC(n2cncc2-c2cccc3c2NCC3)C1. The van der Waals surface area contributed by atoms with Crippen molar-refractivity contribution in [1.82, 2.24) is 9.55 Å². The highest BCUT2D eigenvalue weighted by Gasteiger charge is 2.33. The van der Waals surface area contributed by atoms with E-state index in [2.05, 4.69) is 46.9 Å². The van der Waals surface area contributed by atoms with Crippen LogP contribution in [-0.2, 0) is 6.42 Å². The number of anilines is 1. The molecule has 1 aromatic heterocycles. The fraction of sp³-hybridized carbons (Fsp3) is 0.500. The molecule has 0 bridgehead atoms. The van der Waals surface area contributed by atoms with E-state index in [1.807, 2.05) is 12.5 Å². The lowest BCUT2D eigenvalue weighted by Gasteiger charge is -2.20. The smallest absolute Gasteiger partial charge is 0.0953 e. The number of benzene rings is 1. The number of nitrogens with one attached hydrogen (secondary N) is 1.